The Morgan fingerprint density at radius 1 is 1.36 bits per heavy atom. The molecule has 0 saturated carbocycles. The van der Waals surface area contributed by atoms with Crippen molar-refractivity contribution in [3.05, 3.63) is 43.4 Å². The second-order valence-corrected chi connectivity index (χ2v) is 5.21. The Hall–Kier alpha value is -0.100. The summed E-state index contributed by atoms with van der Waals surface area (Å²) < 4.78 is 6.56. The predicted molar refractivity (Wildman–Crippen MR) is 62.5 cm³/mol. The van der Waals surface area contributed by atoms with Crippen LogP contribution in [0.3, 0.4) is 0 Å². The first-order valence-electron chi connectivity index (χ1n) is 3.84. The molecule has 0 saturated heterocycles. The van der Waals surface area contributed by atoms with E-state index in [1.165, 1.54) is 11.3 Å². The Labute approximate surface area is 102 Å². The fourth-order valence-electron chi connectivity index (χ4n) is 1.14. The van der Waals surface area contributed by atoms with E-state index in [1.54, 1.807) is 12.3 Å². The third-order valence-corrected chi connectivity index (χ3v) is 4.40. The van der Waals surface area contributed by atoms with Gasteiger partial charge in [0, 0.05) is 10.0 Å². The molecule has 1 atom stereocenters. The van der Waals surface area contributed by atoms with Crippen LogP contribution in [-0.2, 0) is 0 Å². The zero-order valence-corrected chi connectivity index (χ0v) is 10.9. The lowest BCUT2D eigenvalue weighted by atomic mass is 10.2. The van der Waals surface area contributed by atoms with Gasteiger partial charge in [-0.1, -0.05) is 0 Å². The zero-order valence-electron chi connectivity index (χ0n) is 6.91. The fourth-order valence-corrected chi connectivity index (χ4v) is 3.19. The van der Waals surface area contributed by atoms with Gasteiger partial charge in [-0.25, -0.2) is 0 Å². The molecule has 5 heteroatoms. The lowest BCUT2D eigenvalue weighted by Gasteiger charge is -2.07. The van der Waals surface area contributed by atoms with E-state index in [-0.39, 0.29) is 0 Å². The summed E-state index contributed by atoms with van der Waals surface area (Å²) in [5.74, 6) is 0. The molecule has 0 aliphatic carbocycles. The molecule has 1 N–H and O–H groups in total. The topological polar surface area (TPSA) is 33.4 Å². The molecule has 1 unspecified atom stereocenters. The van der Waals surface area contributed by atoms with Crippen molar-refractivity contribution in [2.75, 3.05) is 0 Å². The van der Waals surface area contributed by atoms with Crippen LogP contribution in [0.25, 0.3) is 0 Å². The van der Waals surface area contributed by atoms with E-state index >= 15 is 0 Å². The smallest absolute Gasteiger partial charge is 0.175 e. The lowest BCUT2D eigenvalue weighted by Crippen LogP contribution is -1.96. The standard InChI is InChI=1S/C9H6Br2O2S/c10-6-2-4-14-8(6)7(12)5-1-3-13-9(5)11/h1-4,7,12H. The Kier molecular flexibility index (Phi) is 3.11. The van der Waals surface area contributed by atoms with Gasteiger partial charge < -0.3 is 9.52 Å². The third kappa shape index (κ3) is 1.82. The number of hydrogen-bond donors (Lipinski definition) is 1. The van der Waals surface area contributed by atoms with E-state index < -0.39 is 6.10 Å². The molecule has 0 fully saturated rings. The maximum absolute atomic E-state index is 10.0. The summed E-state index contributed by atoms with van der Waals surface area (Å²) in [6.45, 7) is 0. The molecular weight excluding hydrogens is 332 g/mol. The SMILES string of the molecule is OC(c1ccoc1Br)c1sccc1Br. The van der Waals surface area contributed by atoms with Crippen LogP contribution in [0, 0.1) is 0 Å². The third-order valence-electron chi connectivity index (χ3n) is 1.83. The van der Waals surface area contributed by atoms with Crippen LogP contribution in [0.5, 0.6) is 0 Å². The number of rotatable bonds is 2. The van der Waals surface area contributed by atoms with Crippen LogP contribution in [0.1, 0.15) is 16.5 Å². The molecule has 0 bridgehead atoms. The fraction of sp³-hybridized carbons (Fsp3) is 0.111. The van der Waals surface area contributed by atoms with Gasteiger partial charge in [0.2, 0.25) is 0 Å². The van der Waals surface area contributed by atoms with E-state index in [2.05, 4.69) is 31.9 Å². The summed E-state index contributed by atoms with van der Waals surface area (Å²) in [7, 11) is 0. The number of furan rings is 1. The maximum Gasteiger partial charge on any atom is 0.175 e. The van der Waals surface area contributed by atoms with Gasteiger partial charge in [0.15, 0.2) is 4.67 Å². The van der Waals surface area contributed by atoms with Gasteiger partial charge in [0.05, 0.1) is 11.1 Å². The van der Waals surface area contributed by atoms with Crippen molar-refractivity contribution in [1.82, 2.24) is 0 Å². The van der Waals surface area contributed by atoms with E-state index in [9.17, 15) is 5.11 Å². The van der Waals surface area contributed by atoms with Gasteiger partial charge in [-0.3, -0.25) is 0 Å². The summed E-state index contributed by atoms with van der Waals surface area (Å²) in [5, 5.41) is 11.9. The molecule has 0 aliphatic heterocycles. The number of thiophene rings is 1. The molecular formula is C9H6Br2O2S. The van der Waals surface area contributed by atoms with Gasteiger partial charge in [-0.2, -0.15) is 0 Å². The summed E-state index contributed by atoms with van der Waals surface area (Å²) >= 11 is 8.13. The largest absolute Gasteiger partial charge is 0.457 e. The molecule has 2 rings (SSSR count). The minimum Gasteiger partial charge on any atom is -0.457 e. The zero-order chi connectivity index (χ0) is 10.1. The highest BCUT2D eigenvalue weighted by molar-refractivity contribution is 9.10. The number of aliphatic hydroxyl groups excluding tert-OH is 1. The highest BCUT2D eigenvalue weighted by Gasteiger charge is 2.19. The first kappa shape index (κ1) is 10.4. The minimum atomic E-state index is -0.641. The van der Waals surface area contributed by atoms with Gasteiger partial charge >= 0.3 is 0 Å². The number of halogens is 2. The van der Waals surface area contributed by atoms with Crippen molar-refractivity contribution < 1.29 is 9.52 Å². The first-order valence-corrected chi connectivity index (χ1v) is 6.30. The monoisotopic (exact) mass is 336 g/mol. The molecule has 0 spiro atoms. The van der Waals surface area contributed by atoms with E-state index in [0.29, 0.717) is 4.67 Å². The van der Waals surface area contributed by atoms with Crippen molar-refractivity contribution in [2.24, 2.45) is 0 Å². The van der Waals surface area contributed by atoms with Crippen LogP contribution in [0.4, 0.5) is 0 Å². The van der Waals surface area contributed by atoms with Crippen molar-refractivity contribution in [3.63, 3.8) is 0 Å². The summed E-state index contributed by atoms with van der Waals surface area (Å²) in [6, 6.07) is 3.66. The molecule has 2 aromatic rings. The molecule has 0 radical (unpaired) electrons. The van der Waals surface area contributed by atoms with Crippen LogP contribution < -0.4 is 0 Å². The van der Waals surface area contributed by atoms with Gasteiger partial charge in [0.25, 0.3) is 0 Å². The Morgan fingerprint density at radius 2 is 2.14 bits per heavy atom. The average molecular weight is 338 g/mol. The van der Waals surface area contributed by atoms with Crippen LogP contribution in [-0.4, -0.2) is 5.11 Å². The lowest BCUT2D eigenvalue weighted by molar-refractivity contribution is 0.221. The molecule has 74 valence electrons. The molecule has 0 amide bonds. The molecule has 14 heavy (non-hydrogen) atoms. The van der Waals surface area contributed by atoms with Crippen molar-refractivity contribution in [1.29, 1.82) is 0 Å². The Balaban J connectivity index is 2.38. The highest BCUT2D eigenvalue weighted by atomic mass is 79.9. The number of hydrogen-bond acceptors (Lipinski definition) is 3. The number of aliphatic hydroxyl groups is 1. The second-order valence-electron chi connectivity index (χ2n) is 2.68. The molecule has 2 aromatic heterocycles. The molecule has 0 aromatic carbocycles. The first-order chi connectivity index (χ1) is 6.70. The highest BCUT2D eigenvalue weighted by Crippen LogP contribution is 2.36. The second kappa shape index (κ2) is 4.18. The van der Waals surface area contributed by atoms with Gasteiger partial charge in [-0.05, 0) is 49.4 Å². The average Bonchev–Trinajstić information content (AvgIpc) is 2.73. The van der Waals surface area contributed by atoms with Crippen LogP contribution >= 0.6 is 43.2 Å². The maximum atomic E-state index is 10.0. The van der Waals surface area contributed by atoms with Crippen molar-refractivity contribution in [2.45, 2.75) is 6.10 Å². The minimum absolute atomic E-state index is 0.574. The molecule has 2 nitrogen and oxygen atoms in total. The quantitative estimate of drug-likeness (QED) is 0.900. The van der Waals surface area contributed by atoms with Crippen LogP contribution in [0.2, 0.25) is 0 Å². The van der Waals surface area contributed by atoms with Gasteiger partial charge in [0.1, 0.15) is 6.10 Å². The summed E-state index contributed by atoms with van der Waals surface area (Å²) in [6.07, 6.45) is 0.905. The van der Waals surface area contributed by atoms with E-state index in [1.807, 2.05) is 11.4 Å². The van der Waals surface area contributed by atoms with E-state index in [4.69, 9.17) is 4.42 Å². The molecule has 0 aliphatic rings. The Morgan fingerprint density at radius 3 is 2.64 bits per heavy atom. The van der Waals surface area contributed by atoms with E-state index in [0.717, 1.165) is 14.9 Å². The normalized spacial score (nSPS) is 13.1. The Bertz CT molecular complexity index is 395. The van der Waals surface area contributed by atoms with Crippen LogP contribution in [0.15, 0.2) is 37.3 Å². The summed E-state index contributed by atoms with van der Waals surface area (Å²) in [4.78, 5) is 0.882. The van der Waals surface area contributed by atoms with Gasteiger partial charge in [-0.15, -0.1) is 11.3 Å². The molecule has 2 heterocycles. The van der Waals surface area contributed by atoms with Crippen molar-refractivity contribution >= 4 is 43.2 Å². The predicted octanol–water partition coefficient (Wildman–Crippen LogP) is 3.95. The summed E-state index contributed by atoms with van der Waals surface area (Å²) in [5.41, 5.74) is 0.744. The van der Waals surface area contributed by atoms with Crippen molar-refractivity contribution in [3.8, 4) is 0 Å².